The van der Waals surface area contributed by atoms with Gasteiger partial charge in [-0.3, -0.25) is 0 Å². The van der Waals surface area contributed by atoms with E-state index in [0.29, 0.717) is 0 Å². The molecule has 1 aromatic rings. The van der Waals surface area contributed by atoms with E-state index < -0.39 is 0 Å². The van der Waals surface area contributed by atoms with E-state index in [4.69, 9.17) is 5.73 Å². The van der Waals surface area contributed by atoms with Gasteiger partial charge in [0.15, 0.2) is 0 Å². The molecule has 1 aliphatic heterocycles. The Balaban J connectivity index is 2.35. The van der Waals surface area contributed by atoms with Gasteiger partial charge in [-0.15, -0.1) is 0 Å². The zero-order valence-electron chi connectivity index (χ0n) is 6.54. The number of aryl methyl sites for hydroxylation is 1. The van der Waals surface area contributed by atoms with E-state index in [2.05, 4.69) is 10.3 Å². The molecular formula is C7H12N4. The van der Waals surface area contributed by atoms with E-state index in [1.807, 2.05) is 17.8 Å². The number of rotatable bonds is 1. The average Bonchev–Trinajstić information content (AvgIpc) is 2.30. The molecule has 1 aliphatic rings. The van der Waals surface area contributed by atoms with Crippen LogP contribution in [-0.4, -0.2) is 22.6 Å². The second kappa shape index (κ2) is 2.06. The molecule has 0 aromatic carbocycles. The van der Waals surface area contributed by atoms with Crippen molar-refractivity contribution < 1.29 is 0 Å². The summed E-state index contributed by atoms with van der Waals surface area (Å²) in [5, 5.41) is 3.14. The molecule has 0 spiro atoms. The van der Waals surface area contributed by atoms with E-state index in [1.54, 1.807) is 6.20 Å². The van der Waals surface area contributed by atoms with Gasteiger partial charge in [0.05, 0.1) is 5.54 Å². The van der Waals surface area contributed by atoms with Gasteiger partial charge in [0.25, 0.3) is 0 Å². The van der Waals surface area contributed by atoms with Gasteiger partial charge < -0.3 is 15.6 Å². The molecule has 4 nitrogen and oxygen atoms in total. The first-order chi connectivity index (χ1) is 5.22. The number of imidazole rings is 1. The monoisotopic (exact) mass is 152 g/mol. The van der Waals surface area contributed by atoms with Gasteiger partial charge in [-0.2, -0.15) is 0 Å². The molecule has 2 rings (SSSR count). The molecular weight excluding hydrogens is 140 g/mol. The van der Waals surface area contributed by atoms with Gasteiger partial charge in [0.2, 0.25) is 0 Å². The molecule has 0 bridgehead atoms. The fourth-order valence-corrected chi connectivity index (χ4v) is 1.40. The number of nitrogens with zero attached hydrogens (tertiary/aromatic N) is 2. The standard InChI is InChI=1S/C7H12N4/c1-11-3-2-10-6(11)7(8)4-9-5-7/h2-3,9H,4-5,8H2,1H3. The highest BCUT2D eigenvalue weighted by Gasteiger charge is 2.37. The number of nitrogens with one attached hydrogen (secondary N) is 1. The van der Waals surface area contributed by atoms with Gasteiger partial charge >= 0.3 is 0 Å². The minimum absolute atomic E-state index is 0.224. The lowest BCUT2D eigenvalue weighted by molar-refractivity contribution is 0.265. The van der Waals surface area contributed by atoms with Crippen molar-refractivity contribution in [1.82, 2.24) is 14.9 Å². The van der Waals surface area contributed by atoms with Crippen LogP contribution in [0.15, 0.2) is 12.4 Å². The number of nitrogens with two attached hydrogens (primary N) is 1. The quantitative estimate of drug-likeness (QED) is 0.552. The lowest BCUT2D eigenvalue weighted by atomic mass is 9.93. The van der Waals surface area contributed by atoms with E-state index in [-0.39, 0.29) is 5.54 Å². The van der Waals surface area contributed by atoms with E-state index >= 15 is 0 Å². The average molecular weight is 152 g/mol. The van der Waals surface area contributed by atoms with Crippen LogP contribution in [0.5, 0.6) is 0 Å². The van der Waals surface area contributed by atoms with Crippen LogP contribution in [0.2, 0.25) is 0 Å². The number of hydrogen-bond acceptors (Lipinski definition) is 3. The van der Waals surface area contributed by atoms with E-state index in [1.165, 1.54) is 0 Å². The Labute approximate surface area is 65.4 Å². The van der Waals surface area contributed by atoms with Crippen LogP contribution >= 0.6 is 0 Å². The van der Waals surface area contributed by atoms with Crippen LogP contribution in [0.3, 0.4) is 0 Å². The molecule has 3 N–H and O–H groups in total. The fraction of sp³-hybridized carbons (Fsp3) is 0.571. The summed E-state index contributed by atoms with van der Waals surface area (Å²) in [5.74, 6) is 0.969. The normalized spacial score (nSPS) is 21.3. The largest absolute Gasteiger partial charge is 0.336 e. The summed E-state index contributed by atoms with van der Waals surface area (Å²) in [6.07, 6.45) is 3.70. The van der Waals surface area contributed by atoms with Crippen molar-refractivity contribution in [2.24, 2.45) is 12.8 Å². The smallest absolute Gasteiger partial charge is 0.131 e. The van der Waals surface area contributed by atoms with Crippen LogP contribution in [0.25, 0.3) is 0 Å². The third kappa shape index (κ3) is 0.868. The van der Waals surface area contributed by atoms with Gasteiger partial charge in [-0.05, 0) is 0 Å². The number of aromatic nitrogens is 2. The summed E-state index contributed by atoms with van der Waals surface area (Å²) in [4.78, 5) is 4.21. The Bertz CT molecular complexity index is 261. The van der Waals surface area contributed by atoms with Crippen molar-refractivity contribution in [3.05, 3.63) is 18.2 Å². The summed E-state index contributed by atoms with van der Waals surface area (Å²) in [5.41, 5.74) is 5.80. The Kier molecular flexibility index (Phi) is 1.27. The molecule has 0 atom stereocenters. The molecule has 0 radical (unpaired) electrons. The zero-order chi connectivity index (χ0) is 7.90. The Morgan fingerprint density at radius 3 is 2.82 bits per heavy atom. The van der Waals surface area contributed by atoms with Crippen LogP contribution < -0.4 is 11.1 Å². The van der Waals surface area contributed by atoms with E-state index in [9.17, 15) is 0 Å². The van der Waals surface area contributed by atoms with E-state index in [0.717, 1.165) is 18.9 Å². The van der Waals surface area contributed by atoms with Crippen LogP contribution in [0, 0.1) is 0 Å². The van der Waals surface area contributed by atoms with Crippen molar-refractivity contribution in [3.8, 4) is 0 Å². The zero-order valence-corrected chi connectivity index (χ0v) is 6.54. The summed E-state index contributed by atoms with van der Waals surface area (Å²) in [6.45, 7) is 1.66. The maximum absolute atomic E-state index is 6.02. The maximum Gasteiger partial charge on any atom is 0.131 e. The predicted octanol–water partition coefficient (Wildman–Crippen LogP) is -0.823. The highest BCUT2D eigenvalue weighted by molar-refractivity contribution is 5.14. The second-order valence-corrected chi connectivity index (χ2v) is 3.12. The van der Waals surface area contributed by atoms with Crippen molar-refractivity contribution in [2.45, 2.75) is 5.54 Å². The predicted molar refractivity (Wildman–Crippen MR) is 41.9 cm³/mol. The molecule has 11 heavy (non-hydrogen) atoms. The first kappa shape index (κ1) is 6.82. The van der Waals surface area contributed by atoms with Gasteiger partial charge in [-0.25, -0.2) is 4.98 Å². The number of hydrogen-bond donors (Lipinski definition) is 2. The van der Waals surface area contributed by atoms with Gasteiger partial charge in [-0.1, -0.05) is 0 Å². The van der Waals surface area contributed by atoms with Gasteiger partial charge in [0.1, 0.15) is 5.82 Å². The molecule has 0 saturated carbocycles. The lowest BCUT2D eigenvalue weighted by Crippen LogP contribution is -2.63. The fourth-order valence-electron chi connectivity index (χ4n) is 1.40. The van der Waals surface area contributed by atoms with Crippen molar-refractivity contribution in [3.63, 3.8) is 0 Å². The van der Waals surface area contributed by atoms with Gasteiger partial charge in [0, 0.05) is 32.5 Å². The lowest BCUT2D eigenvalue weighted by Gasteiger charge is -2.38. The van der Waals surface area contributed by atoms with Crippen LogP contribution in [0.4, 0.5) is 0 Å². The summed E-state index contributed by atoms with van der Waals surface area (Å²) in [6, 6.07) is 0. The first-order valence-electron chi connectivity index (χ1n) is 3.70. The topological polar surface area (TPSA) is 55.9 Å². The highest BCUT2D eigenvalue weighted by Crippen LogP contribution is 2.19. The van der Waals surface area contributed by atoms with Crippen molar-refractivity contribution >= 4 is 0 Å². The first-order valence-corrected chi connectivity index (χ1v) is 3.70. The third-order valence-electron chi connectivity index (χ3n) is 2.15. The van der Waals surface area contributed by atoms with Crippen LogP contribution in [-0.2, 0) is 12.6 Å². The molecule has 0 unspecified atom stereocenters. The summed E-state index contributed by atoms with van der Waals surface area (Å²) >= 11 is 0. The molecule has 4 heteroatoms. The second-order valence-electron chi connectivity index (χ2n) is 3.12. The minimum atomic E-state index is -0.224. The summed E-state index contributed by atoms with van der Waals surface area (Å²) in [7, 11) is 1.97. The minimum Gasteiger partial charge on any atom is -0.336 e. The Hall–Kier alpha value is -0.870. The highest BCUT2D eigenvalue weighted by atomic mass is 15.2. The SMILES string of the molecule is Cn1ccnc1C1(N)CNC1. The third-order valence-corrected chi connectivity index (χ3v) is 2.15. The van der Waals surface area contributed by atoms with Crippen molar-refractivity contribution in [1.29, 1.82) is 0 Å². The Morgan fingerprint density at radius 1 is 1.73 bits per heavy atom. The Morgan fingerprint density at radius 2 is 2.45 bits per heavy atom. The molecule has 1 aromatic heterocycles. The maximum atomic E-state index is 6.02. The molecule has 1 saturated heterocycles. The summed E-state index contributed by atoms with van der Waals surface area (Å²) < 4.78 is 1.97. The van der Waals surface area contributed by atoms with Crippen molar-refractivity contribution in [2.75, 3.05) is 13.1 Å². The molecule has 1 fully saturated rings. The molecule has 0 amide bonds. The molecule has 60 valence electrons. The molecule has 2 heterocycles. The molecule has 0 aliphatic carbocycles. The van der Waals surface area contributed by atoms with Crippen LogP contribution in [0.1, 0.15) is 5.82 Å².